The molecule has 0 aliphatic carbocycles. The van der Waals surface area contributed by atoms with Crippen LogP contribution in [0.3, 0.4) is 0 Å². The number of rotatable bonds is 6. The van der Waals surface area contributed by atoms with E-state index in [1.165, 1.54) is 18.2 Å². The predicted octanol–water partition coefficient (Wildman–Crippen LogP) is 3.06. The van der Waals surface area contributed by atoms with Gasteiger partial charge in [0.25, 0.3) is 0 Å². The third-order valence-electron chi connectivity index (χ3n) is 2.39. The first-order valence-electron chi connectivity index (χ1n) is 5.73. The van der Waals surface area contributed by atoms with Gasteiger partial charge >= 0.3 is 6.09 Å². The third kappa shape index (κ3) is 5.34. The molecule has 2 N–H and O–H groups in total. The summed E-state index contributed by atoms with van der Waals surface area (Å²) in [7, 11) is 0. The van der Waals surface area contributed by atoms with Crippen LogP contribution in [-0.2, 0) is 10.6 Å². The van der Waals surface area contributed by atoms with Crippen LogP contribution in [0.25, 0.3) is 0 Å². The highest BCUT2D eigenvalue weighted by Gasteiger charge is 2.21. The van der Waals surface area contributed by atoms with Gasteiger partial charge in [-0.2, -0.15) is 0 Å². The molecule has 1 aromatic carbocycles. The van der Waals surface area contributed by atoms with Gasteiger partial charge in [0.2, 0.25) is 0 Å². The van der Waals surface area contributed by atoms with Crippen LogP contribution in [0.5, 0.6) is 5.75 Å². The van der Waals surface area contributed by atoms with Crippen LogP contribution in [0.4, 0.5) is 9.18 Å². The van der Waals surface area contributed by atoms with Gasteiger partial charge in [-0.05, 0) is 18.2 Å². The third-order valence-corrected chi connectivity index (χ3v) is 2.68. The van der Waals surface area contributed by atoms with Crippen LogP contribution in [0, 0.1) is 11.2 Å². The second kappa shape index (κ2) is 6.61. The number of hydrogen-bond donors (Lipinski definition) is 1. The Bertz CT molecular complexity index is 452. The van der Waals surface area contributed by atoms with E-state index in [-0.39, 0.29) is 24.9 Å². The summed E-state index contributed by atoms with van der Waals surface area (Å²) in [6.45, 7) is 4.15. The molecule has 0 aliphatic heterocycles. The van der Waals surface area contributed by atoms with Crippen LogP contribution in [0.15, 0.2) is 18.2 Å². The van der Waals surface area contributed by atoms with Crippen LogP contribution in [0.2, 0.25) is 0 Å². The Hall–Kier alpha value is -1.49. The van der Waals surface area contributed by atoms with Crippen molar-refractivity contribution in [3.63, 3.8) is 0 Å². The zero-order valence-electron chi connectivity index (χ0n) is 10.9. The Balaban J connectivity index is 2.63. The smallest absolute Gasteiger partial charge is 0.404 e. The summed E-state index contributed by atoms with van der Waals surface area (Å²) in [4.78, 5) is 10.6. The van der Waals surface area contributed by atoms with Gasteiger partial charge in [-0.25, -0.2) is 9.18 Å². The molecule has 0 heterocycles. The maximum Gasteiger partial charge on any atom is 0.404 e. The highest BCUT2D eigenvalue weighted by molar-refractivity contribution is 6.17. The zero-order valence-corrected chi connectivity index (χ0v) is 11.7. The number of hydrogen-bond acceptors (Lipinski definition) is 3. The molecule has 0 unspecified atom stereocenters. The van der Waals surface area contributed by atoms with Gasteiger partial charge in [0.1, 0.15) is 18.2 Å². The van der Waals surface area contributed by atoms with Gasteiger partial charge in [0, 0.05) is 11.0 Å². The van der Waals surface area contributed by atoms with Crippen molar-refractivity contribution in [1.29, 1.82) is 0 Å². The molecule has 0 saturated carbocycles. The minimum absolute atomic E-state index is 0.139. The maximum atomic E-state index is 13.0. The minimum Gasteiger partial charge on any atom is -0.493 e. The average Bonchev–Trinajstić information content (AvgIpc) is 2.35. The van der Waals surface area contributed by atoms with Gasteiger partial charge < -0.3 is 15.2 Å². The molecule has 4 nitrogen and oxygen atoms in total. The van der Waals surface area contributed by atoms with E-state index in [0.717, 1.165) is 0 Å². The van der Waals surface area contributed by atoms with Crippen molar-refractivity contribution in [2.75, 3.05) is 13.2 Å². The molecule has 0 bridgehead atoms. The maximum absolute atomic E-state index is 13.0. The van der Waals surface area contributed by atoms with E-state index in [9.17, 15) is 9.18 Å². The second-order valence-electron chi connectivity index (χ2n) is 4.95. The normalized spacial score (nSPS) is 11.2. The number of nitrogens with two attached hydrogens (primary N) is 1. The molecule has 1 rings (SSSR count). The Morgan fingerprint density at radius 1 is 1.42 bits per heavy atom. The van der Waals surface area contributed by atoms with Crippen LogP contribution >= 0.6 is 11.6 Å². The summed E-state index contributed by atoms with van der Waals surface area (Å²) >= 11 is 5.72. The van der Waals surface area contributed by atoms with E-state index in [4.69, 9.17) is 26.8 Å². The molecule has 1 amide bonds. The summed E-state index contributed by atoms with van der Waals surface area (Å²) in [5.74, 6) is 0.313. The largest absolute Gasteiger partial charge is 0.493 e. The molecule has 0 spiro atoms. The Kier molecular flexibility index (Phi) is 5.42. The van der Waals surface area contributed by atoms with Crippen molar-refractivity contribution in [2.45, 2.75) is 19.7 Å². The summed E-state index contributed by atoms with van der Waals surface area (Å²) in [5, 5.41) is 0. The van der Waals surface area contributed by atoms with E-state index in [2.05, 4.69) is 0 Å². The van der Waals surface area contributed by atoms with Gasteiger partial charge in [-0.15, -0.1) is 11.6 Å². The van der Waals surface area contributed by atoms with Crippen LogP contribution in [-0.4, -0.2) is 19.3 Å². The topological polar surface area (TPSA) is 61.5 Å². The summed E-state index contributed by atoms with van der Waals surface area (Å²) in [6, 6.07) is 4.16. The lowest BCUT2D eigenvalue weighted by Gasteiger charge is -2.24. The fraction of sp³-hybridized carbons (Fsp3) is 0.462. The molecule has 0 radical (unpaired) electrons. The Morgan fingerprint density at radius 3 is 2.68 bits per heavy atom. The molecule has 0 aliphatic rings. The van der Waals surface area contributed by atoms with Crippen molar-refractivity contribution in [2.24, 2.45) is 11.1 Å². The number of carbonyl (C=O) groups excluding carboxylic acids is 1. The number of benzene rings is 1. The molecule has 0 aromatic heterocycles. The van der Waals surface area contributed by atoms with E-state index >= 15 is 0 Å². The fourth-order valence-electron chi connectivity index (χ4n) is 1.37. The summed E-state index contributed by atoms with van der Waals surface area (Å²) in [5.41, 5.74) is 5.08. The number of halogens is 2. The molecule has 6 heteroatoms. The summed E-state index contributed by atoms with van der Waals surface area (Å²) < 4.78 is 23.4. The standard InChI is InChI=1S/C13H17ClFNO3/c1-13(2,8-19-12(16)17)7-18-11-4-3-10(15)5-9(11)6-14/h3-5H,6-8H2,1-2H3,(H2,16,17). The second-order valence-corrected chi connectivity index (χ2v) is 5.21. The van der Waals surface area contributed by atoms with E-state index < -0.39 is 11.5 Å². The Labute approximate surface area is 116 Å². The van der Waals surface area contributed by atoms with E-state index in [1.54, 1.807) is 0 Å². The Morgan fingerprint density at radius 2 is 2.11 bits per heavy atom. The SMILES string of the molecule is CC(C)(COC(N)=O)COc1ccc(F)cc1CCl. The lowest BCUT2D eigenvalue weighted by molar-refractivity contribution is 0.0733. The number of primary amides is 1. The molecule has 0 saturated heterocycles. The summed E-state index contributed by atoms with van der Waals surface area (Å²) in [6.07, 6.45) is -0.823. The van der Waals surface area contributed by atoms with Crippen molar-refractivity contribution in [3.05, 3.63) is 29.6 Å². The first-order valence-corrected chi connectivity index (χ1v) is 6.27. The predicted molar refractivity (Wildman–Crippen MR) is 70.8 cm³/mol. The van der Waals surface area contributed by atoms with Gasteiger partial charge in [-0.3, -0.25) is 0 Å². The van der Waals surface area contributed by atoms with Gasteiger partial charge in [0.15, 0.2) is 0 Å². The first kappa shape index (κ1) is 15.6. The van der Waals surface area contributed by atoms with Crippen LogP contribution < -0.4 is 10.5 Å². The number of amides is 1. The van der Waals surface area contributed by atoms with Crippen molar-refractivity contribution in [1.82, 2.24) is 0 Å². The van der Waals surface area contributed by atoms with Gasteiger partial charge in [0.05, 0.1) is 12.5 Å². The number of alkyl halides is 1. The van der Waals surface area contributed by atoms with Crippen molar-refractivity contribution in [3.8, 4) is 5.75 Å². The van der Waals surface area contributed by atoms with E-state index in [1.807, 2.05) is 13.8 Å². The highest BCUT2D eigenvalue weighted by Crippen LogP contribution is 2.24. The molecule has 1 aromatic rings. The highest BCUT2D eigenvalue weighted by atomic mass is 35.5. The monoisotopic (exact) mass is 289 g/mol. The minimum atomic E-state index is -0.823. The molecule has 19 heavy (non-hydrogen) atoms. The average molecular weight is 290 g/mol. The molecule has 106 valence electrons. The zero-order chi connectivity index (χ0) is 14.5. The quantitative estimate of drug-likeness (QED) is 0.819. The lowest BCUT2D eigenvalue weighted by Crippen LogP contribution is -2.30. The molecular formula is C13H17ClFNO3. The fourth-order valence-corrected chi connectivity index (χ4v) is 1.58. The van der Waals surface area contributed by atoms with Gasteiger partial charge in [-0.1, -0.05) is 13.8 Å². The van der Waals surface area contributed by atoms with Crippen molar-refractivity contribution < 1.29 is 18.7 Å². The van der Waals surface area contributed by atoms with Crippen LogP contribution in [0.1, 0.15) is 19.4 Å². The molecule has 0 atom stereocenters. The molecular weight excluding hydrogens is 273 g/mol. The number of ether oxygens (including phenoxy) is 2. The van der Waals surface area contributed by atoms with E-state index in [0.29, 0.717) is 11.3 Å². The van der Waals surface area contributed by atoms with Crippen molar-refractivity contribution >= 4 is 17.7 Å². The number of carbonyl (C=O) groups is 1. The lowest BCUT2D eigenvalue weighted by atomic mass is 9.96. The first-order chi connectivity index (χ1) is 8.84. The molecule has 0 fully saturated rings.